The predicted molar refractivity (Wildman–Crippen MR) is 50.4 cm³/mol. The van der Waals surface area contributed by atoms with Crippen molar-refractivity contribution >= 4 is 5.69 Å². The van der Waals surface area contributed by atoms with Gasteiger partial charge in [-0.25, -0.2) is 0 Å². The van der Waals surface area contributed by atoms with Gasteiger partial charge in [0.15, 0.2) is 0 Å². The number of rotatable bonds is 1. The number of nitrogens with zero attached hydrogens (tertiary/aromatic N) is 2. The lowest BCUT2D eigenvalue weighted by atomic mass is 10.1. The Morgan fingerprint density at radius 1 is 1.57 bits per heavy atom. The maximum Gasteiger partial charge on any atom is 0.269 e. The van der Waals surface area contributed by atoms with Crippen LogP contribution in [-0.2, 0) is 6.54 Å². The monoisotopic (exact) mass is 193 g/mol. The fourth-order valence-corrected chi connectivity index (χ4v) is 1.71. The number of hydroxylamine groups is 2. The second kappa shape index (κ2) is 3.04. The smallest absolute Gasteiger partial charge is 0.269 e. The van der Waals surface area contributed by atoms with Gasteiger partial charge in [0.05, 0.1) is 4.92 Å². The van der Waals surface area contributed by atoms with Gasteiger partial charge in [-0.3, -0.25) is 10.1 Å². The third-order valence-electron chi connectivity index (χ3n) is 2.55. The normalized spacial score (nSPS) is 20.9. The minimum Gasteiger partial charge on any atom is -0.784 e. The summed E-state index contributed by atoms with van der Waals surface area (Å²) in [6.07, 6.45) is 0. The molecule has 1 aliphatic heterocycles. The first kappa shape index (κ1) is 9.11. The van der Waals surface area contributed by atoms with Crippen molar-refractivity contribution in [1.82, 2.24) is 5.06 Å². The van der Waals surface area contributed by atoms with Crippen LogP contribution in [0.5, 0.6) is 0 Å². The molecule has 74 valence electrons. The van der Waals surface area contributed by atoms with E-state index in [0.717, 1.165) is 16.2 Å². The van der Waals surface area contributed by atoms with Crippen LogP contribution in [0.4, 0.5) is 5.69 Å². The Labute approximate surface area is 80.7 Å². The lowest BCUT2D eigenvalue weighted by molar-refractivity contribution is -0.384. The van der Waals surface area contributed by atoms with Crippen LogP contribution >= 0.6 is 0 Å². The van der Waals surface area contributed by atoms with E-state index in [2.05, 4.69) is 0 Å². The molecule has 0 spiro atoms. The Morgan fingerprint density at radius 2 is 2.29 bits per heavy atom. The van der Waals surface area contributed by atoms with E-state index in [0.29, 0.717) is 0 Å². The summed E-state index contributed by atoms with van der Waals surface area (Å²) in [5.74, 6) is 0. The van der Waals surface area contributed by atoms with E-state index in [4.69, 9.17) is 0 Å². The SMILES string of the molecule is CC1c2ccc([N+](=O)[O-])cc2CN1[O-]. The topological polar surface area (TPSA) is 69.4 Å². The van der Waals surface area contributed by atoms with Gasteiger partial charge in [0.1, 0.15) is 0 Å². The van der Waals surface area contributed by atoms with Crippen LogP contribution in [0.15, 0.2) is 18.2 Å². The molecule has 0 saturated carbocycles. The second-order valence-corrected chi connectivity index (χ2v) is 3.39. The van der Waals surface area contributed by atoms with E-state index in [1.54, 1.807) is 13.0 Å². The first-order chi connectivity index (χ1) is 6.59. The van der Waals surface area contributed by atoms with Gasteiger partial charge in [0, 0.05) is 24.7 Å². The van der Waals surface area contributed by atoms with E-state index >= 15 is 0 Å². The number of non-ortho nitro benzene ring substituents is 1. The standard InChI is InChI=1S/C9H9N2O3/c1-6-9-3-2-8(11(13)14)4-7(9)5-10(6)12/h2-4,6H,5H2,1H3/q-1. The molecule has 0 aromatic heterocycles. The van der Waals surface area contributed by atoms with Crippen molar-refractivity contribution in [3.8, 4) is 0 Å². The molecule has 0 fully saturated rings. The van der Waals surface area contributed by atoms with Gasteiger partial charge in [0.25, 0.3) is 5.69 Å². The van der Waals surface area contributed by atoms with Crippen LogP contribution < -0.4 is 0 Å². The summed E-state index contributed by atoms with van der Waals surface area (Å²) in [4.78, 5) is 10.0. The maximum atomic E-state index is 11.3. The fraction of sp³-hybridized carbons (Fsp3) is 0.333. The minimum atomic E-state index is -0.446. The van der Waals surface area contributed by atoms with Crippen LogP contribution in [0.3, 0.4) is 0 Å². The van der Waals surface area contributed by atoms with E-state index in [1.165, 1.54) is 12.1 Å². The predicted octanol–water partition coefficient (Wildman–Crippen LogP) is 1.97. The lowest BCUT2D eigenvalue weighted by Crippen LogP contribution is -2.10. The summed E-state index contributed by atoms with van der Waals surface area (Å²) in [5.41, 5.74) is 1.71. The molecule has 0 N–H and O–H groups in total. The average Bonchev–Trinajstić information content (AvgIpc) is 2.42. The van der Waals surface area contributed by atoms with Crippen LogP contribution in [0, 0.1) is 15.3 Å². The number of nitro groups is 1. The first-order valence-corrected chi connectivity index (χ1v) is 4.30. The van der Waals surface area contributed by atoms with Crippen LogP contribution in [-0.4, -0.2) is 9.99 Å². The largest absolute Gasteiger partial charge is 0.784 e. The van der Waals surface area contributed by atoms with Gasteiger partial charge < -0.3 is 10.3 Å². The Morgan fingerprint density at radius 3 is 2.93 bits per heavy atom. The molecule has 2 rings (SSSR count). The fourth-order valence-electron chi connectivity index (χ4n) is 1.71. The van der Waals surface area contributed by atoms with E-state index in [9.17, 15) is 15.3 Å². The number of hydrogen-bond acceptors (Lipinski definition) is 4. The van der Waals surface area contributed by atoms with Crippen molar-refractivity contribution in [2.45, 2.75) is 19.5 Å². The molecule has 0 bridgehead atoms. The molecular weight excluding hydrogens is 184 g/mol. The Bertz CT molecular complexity index is 392. The third-order valence-corrected chi connectivity index (χ3v) is 2.55. The molecule has 0 aliphatic carbocycles. The number of hydrogen-bond donors (Lipinski definition) is 0. The summed E-state index contributed by atoms with van der Waals surface area (Å²) in [6, 6.07) is 4.39. The van der Waals surface area contributed by atoms with E-state index in [-0.39, 0.29) is 18.3 Å². The Hall–Kier alpha value is -1.46. The zero-order valence-corrected chi connectivity index (χ0v) is 7.64. The summed E-state index contributed by atoms with van der Waals surface area (Å²) in [5, 5.41) is 22.7. The maximum absolute atomic E-state index is 11.3. The highest BCUT2D eigenvalue weighted by Gasteiger charge is 2.22. The molecule has 1 aromatic rings. The third kappa shape index (κ3) is 1.26. The Kier molecular flexibility index (Phi) is 1.98. The van der Waals surface area contributed by atoms with Gasteiger partial charge in [-0.1, -0.05) is 6.07 Å². The summed E-state index contributed by atoms with van der Waals surface area (Å²) in [6.45, 7) is 2.04. The highest BCUT2D eigenvalue weighted by atomic mass is 16.6. The highest BCUT2D eigenvalue weighted by Crippen LogP contribution is 2.34. The number of benzene rings is 1. The molecule has 0 saturated heterocycles. The summed E-state index contributed by atoms with van der Waals surface area (Å²) < 4.78 is 0. The molecule has 14 heavy (non-hydrogen) atoms. The zero-order valence-electron chi connectivity index (χ0n) is 7.64. The molecule has 1 heterocycles. The average molecular weight is 193 g/mol. The van der Waals surface area contributed by atoms with E-state index in [1.807, 2.05) is 0 Å². The summed E-state index contributed by atoms with van der Waals surface area (Å²) >= 11 is 0. The van der Waals surface area contributed by atoms with Crippen molar-refractivity contribution in [2.24, 2.45) is 0 Å². The van der Waals surface area contributed by atoms with Crippen LogP contribution in [0.25, 0.3) is 0 Å². The molecule has 5 nitrogen and oxygen atoms in total. The quantitative estimate of drug-likeness (QED) is 0.505. The lowest BCUT2D eigenvalue weighted by Gasteiger charge is -2.27. The first-order valence-electron chi connectivity index (χ1n) is 4.30. The molecule has 0 amide bonds. The minimum absolute atomic E-state index is 0.0475. The number of fused-ring (bicyclic) bond motifs is 1. The van der Waals surface area contributed by atoms with Gasteiger partial charge in [-0.05, 0) is 18.1 Å². The van der Waals surface area contributed by atoms with E-state index < -0.39 is 4.92 Å². The molecule has 1 aliphatic rings. The van der Waals surface area contributed by atoms with Crippen molar-refractivity contribution in [3.05, 3.63) is 44.6 Å². The Balaban J connectivity index is 2.44. The molecule has 1 unspecified atom stereocenters. The van der Waals surface area contributed by atoms with Gasteiger partial charge in [-0.2, -0.15) is 0 Å². The molecule has 1 atom stereocenters. The van der Waals surface area contributed by atoms with Crippen molar-refractivity contribution in [2.75, 3.05) is 0 Å². The second-order valence-electron chi connectivity index (χ2n) is 3.39. The zero-order chi connectivity index (χ0) is 10.3. The highest BCUT2D eigenvalue weighted by molar-refractivity contribution is 5.43. The molecule has 5 heteroatoms. The van der Waals surface area contributed by atoms with Crippen molar-refractivity contribution in [3.63, 3.8) is 0 Å². The number of nitro benzene ring substituents is 1. The summed E-state index contributed by atoms with van der Waals surface area (Å²) in [7, 11) is 0. The molecular formula is C9H9N2O3-. The van der Waals surface area contributed by atoms with Gasteiger partial charge >= 0.3 is 0 Å². The molecule has 1 aromatic carbocycles. The van der Waals surface area contributed by atoms with Crippen molar-refractivity contribution in [1.29, 1.82) is 0 Å². The van der Waals surface area contributed by atoms with Gasteiger partial charge in [0.2, 0.25) is 0 Å². The van der Waals surface area contributed by atoms with Gasteiger partial charge in [-0.15, -0.1) is 0 Å². The van der Waals surface area contributed by atoms with Crippen LogP contribution in [0.1, 0.15) is 24.1 Å². The molecule has 0 radical (unpaired) electrons. The van der Waals surface area contributed by atoms with Crippen LogP contribution in [0.2, 0.25) is 0 Å². The van der Waals surface area contributed by atoms with Crippen molar-refractivity contribution < 1.29 is 4.92 Å².